The van der Waals surface area contributed by atoms with Crippen molar-refractivity contribution >= 4 is 0 Å². The Morgan fingerprint density at radius 1 is 1.19 bits per heavy atom. The predicted octanol–water partition coefficient (Wildman–Crippen LogP) is 4.31. The number of hydrogen-bond donors (Lipinski definition) is 1. The van der Waals surface area contributed by atoms with Crippen LogP contribution < -0.4 is 5.32 Å². The van der Waals surface area contributed by atoms with E-state index in [1.807, 2.05) is 13.8 Å². The molecule has 0 saturated heterocycles. The standard InChI is InChI=1S/C15H21F4NO/c1-5-20-13(14(3,4)21-6-2)10-7-8-12(16)11(9-10)15(17,18)19/h7-9,13,20H,5-6H2,1-4H3. The molecule has 1 atom stereocenters. The Labute approximate surface area is 122 Å². The summed E-state index contributed by atoms with van der Waals surface area (Å²) in [6.45, 7) is 8.24. The van der Waals surface area contributed by atoms with Crippen molar-refractivity contribution in [3.05, 3.63) is 35.1 Å². The van der Waals surface area contributed by atoms with E-state index in [4.69, 9.17) is 4.74 Å². The summed E-state index contributed by atoms with van der Waals surface area (Å²) in [5.41, 5.74) is -1.62. The number of rotatable bonds is 6. The molecule has 0 saturated carbocycles. The van der Waals surface area contributed by atoms with Gasteiger partial charge in [-0.1, -0.05) is 13.0 Å². The molecule has 6 heteroatoms. The fourth-order valence-corrected chi connectivity index (χ4v) is 2.36. The minimum Gasteiger partial charge on any atom is -0.374 e. The predicted molar refractivity (Wildman–Crippen MR) is 73.5 cm³/mol. The summed E-state index contributed by atoms with van der Waals surface area (Å²) in [6, 6.07) is 2.59. The number of halogens is 4. The van der Waals surface area contributed by atoms with Crippen LogP contribution in [0, 0.1) is 5.82 Å². The molecule has 1 aromatic rings. The average molecular weight is 307 g/mol. The Hall–Kier alpha value is -1.14. The number of ether oxygens (including phenoxy) is 1. The first kappa shape index (κ1) is 17.9. The molecule has 0 aliphatic rings. The summed E-state index contributed by atoms with van der Waals surface area (Å²) < 4.78 is 57.5. The van der Waals surface area contributed by atoms with E-state index in [9.17, 15) is 17.6 Å². The lowest BCUT2D eigenvalue weighted by atomic mass is 9.90. The molecular formula is C15H21F4NO. The van der Waals surface area contributed by atoms with Crippen LogP contribution in [0.5, 0.6) is 0 Å². The number of likely N-dealkylation sites (N-methyl/N-ethyl adjacent to an activating group) is 1. The van der Waals surface area contributed by atoms with Crippen LogP contribution in [0.4, 0.5) is 17.6 Å². The zero-order valence-corrected chi connectivity index (χ0v) is 12.6. The Kier molecular flexibility index (Phi) is 5.75. The van der Waals surface area contributed by atoms with Gasteiger partial charge in [0.25, 0.3) is 0 Å². The van der Waals surface area contributed by atoms with Gasteiger partial charge in [-0.05, 0) is 45.0 Å². The summed E-state index contributed by atoms with van der Waals surface area (Å²) in [5, 5.41) is 3.11. The molecular weight excluding hydrogens is 286 g/mol. The van der Waals surface area contributed by atoms with E-state index in [1.54, 1.807) is 13.8 Å². The second-order valence-electron chi connectivity index (χ2n) is 5.26. The highest BCUT2D eigenvalue weighted by Crippen LogP contribution is 2.35. The smallest absolute Gasteiger partial charge is 0.374 e. The molecule has 1 aromatic carbocycles. The van der Waals surface area contributed by atoms with Crippen LogP contribution in [-0.2, 0) is 10.9 Å². The minimum absolute atomic E-state index is 0.351. The second kappa shape index (κ2) is 6.75. The Morgan fingerprint density at radius 2 is 1.81 bits per heavy atom. The molecule has 0 bridgehead atoms. The lowest BCUT2D eigenvalue weighted by Gasteiger charge is -2.35. The molecule has 0 aliphatic carbocycles. The van der Waals surface area contributed by atoms with Crippen molar-refractivity contribution < 1.29 is 22.3 Å². The zero-order valence-electron chi connectivity index (χ0n) is 12.6. The first-order chi connectivity index (χ1) is 9.63. The molecule has 0 amide bonds. The van der Waals surface area contributed by atoms with Crippen molar-refractivity contribution in [2.24, 2.45) is 0 Å². The molecule has 0 fully saturated rings. The highest BCUT2D eigenvalue weighted by Gasteiger charge is 2.37. The molecule has 120 valence electrons. The summed E-state index contributed by atoms with van der Waals surface area (Å²) in [7, 11) is 0. The molecule has 21 heavy (non-hydrogen) atoms. The fraction of sp³-hybridized carbons (Fsp3) is 0.600. The van der Waals surface area contributed by atoms with Crippen molar-refractivity contribution in [3.63, 3.8) is 0 Å². The fourth-order valence-electron chi connectivity index (χ4n) is 2.36. The number of nitrogens with one attached hydrogen (secondary N) is 1. The van der Waals surface area contributed by atoms with Gasteiger partial charge in [0.15, 0.2) is 0 Å². The van der Waals surface area contributed by atoms with Gasteiger partial charge >= 0.3 is 6.18 Å². The third-order valence-electron chi connectivity index (χ3n) is 3.25. The van der Waals surface area contributed by atoms with Crippen molar-refractivity contribution in [2.45, 2.75) is 45.5 Å². The third kappa shape index (κ3) is 4.41. The van der Waals surface area contributed by atoms with Crippen molar-refractivity contribution in [1.82, 2.24) is 5.32 Å². The molecule has 2 nitrogen and oxygen atoms in total. The highest BCUT2D eigenvalue weighted by atomic mass is 19.4. The highest BCUT2D eigenvalue weighted by molar-refractivity contribution is 5.31. The molecule has 0 aliphatic heterocycles. The summed E-state index contributed by atoms with van der Waals surface area (Å²) >= 11 is 0. The van der Waals surface area contributed by atoms with Crippen LogP contribution in [0.25, 0.3) is 0 Å². The molecule has 0 heterocycles. The SMILES string of the molecule is CCNC(c1ccc(F)c(C(F)(F)F)c1)C(C)(C)OCC. The normalized spacial score (nSPS) is 14.3. The van der Waals surface area contributed by atoms with Crippen LogP contribution in [0.2, 0.25) is 0 Å². The van der Waals surface area contributed by atoms with Gasteiger partial charge in [-0.15, -0.1) is 0 Å². The molecule has 1 rings (SSSR count). The zero-order chi connectivity index (χ0) is 16.3. The van der Waals surface area contributed by atoms with Crippen LogP contribution in [-0.4, -0.2) is 18.8 Å². The lowest BCUT2D eigenvalue weighted by molar-refractivity contribution is -0.140. The monoisotopic (exact) mass is 307 g/mol. The van der Waals surface area contributed by atoms with Gasteiger partial charge < -0.3 is 10.1 Å². The molecule has 0 aromatic heterocycles. The summed E-state index contributed by atoms with van der Waals surface area (Å²) in [4.78, 5) is 0. The van der Waals surface area contributed by atoms with Crippen LogP contribution >= 0.6 is 0 Å². The van der Waals surface area contributed by atoms with E-state index in [2.05, 4.69) is 5.32 Å². The van der Waals surface area contributed by atoms with Gasteiger partial charge in [0.2, 0.25) is 0 Å². The summed E-state index contributed by atoms with van der Waals surface area (Å²) in [6.07, 6.45) is -4.72. The first-order valence-electron chi connectivity index (χ1n) is 6.87. The van der Waals surface area contributed by atoms with Crippen LogP contribution in [0.15, 0.2) is 18.2 Å². The van der Waals surface area contributed by atoms with Crippen molar-refractivity contribution in [2.75, 3.05) is 13.2 Å². The third-order valence-corrected chi connectivity index (χ3v) is 3.25. The summed E-state index contributed by atoms with van der Waals surface area (Å²) in [5.74, 6) is -1.27. The maximum absolute atomic E-state index is 13.4. The van der Waals surface area contributed by atoms with Gasteiger partial charge in [0, 0.05) is 6.61 Å². The van der Waals surface area contributed by atoms with Crippen molar-refractivity contribution in [3.8, 4) is 0 Å². The van der Waals surface area contributed by atoms with Crippen LogP contribution in [0.3, 0.4) is 0 Å². The van der Waals surface area contributed by atoms with Crippen LogP contribution in [0.1, 0.15) is 44.9 Å². The van der Waals surface area contributed by atoms with Crippen molar-refractivity contribution in [1.29, 1.82) is 0 Å². The average Bonchev–Trinajstić information content (AvgIpc) is 2.35. The number of alkyl halides is 3. The van der Waals surface area contributed by atoms with Gasteiger partial charge in [0.1, 0.15) is 5.82 Å². The number of hydrogen-bond acceptors (Lipinski definition) is 2. The van der Waals surface area contributed by atoms with Gasteiger partial charge in [-0.25, -0.2) is 4.39 Å². The second-order valence-corrected chi connectivity index (χ2v) is 5.26. The molecule has 1 unspecified atom stereocenters. The van der Waals surface area contributed by atoms with E-state index < -0.39 is 29.2 Å². The Balaban J connectivity index is 3.27. The van der Waals surface area contributed by atoms with E-state index in [0.29, 0.717) is 18.7 Å². The van der Waals surface area contributed by atoms with Gasteiger partial charge in [-0.3, -0.25) is 0 Å². The lowest BCUT2D eigenvalue weighted by Crippen LogP contribution is -2.41. The first-order valence-corrected chi connectivity index (χ1v) is 6.87. The van der Waals surface area contributed by atoms with E-state index in [-0.39, 0.29) is 0 Å². The van der Waals surface area contributed by atoms with Gasteiger partial charge in [0.05, 0.1) is 17.2 Å². The Morgan fingerprint density at radius 3 is 2.29 bits per heavy atom. The van der Waals surface area contributed by atoms with E-state index >= 15 is 0 Å². The minimum atomic E-state index is -4.72. The molecule has 0 radical (unpaired) electrons. The largest absolute Gasteiger partial charge is 0.419 e. The van der Waals surface area contributed by atoms with E-state index in [0.717, 1.165) is 12.1 Å². The number of benzene rings is 1. The van der Waals surface area contributed by atoms with Gasteiger partial charge in [-0.2, -0.15) is 13.2 Å². The maximum atomic E-state index is 13.4. The quantitative estimate of drug-likeness (QED) is 0.791. The molecule has 1 N–H and O–H groups in total. The maximum Gasteiger partial charge on any atom is 0.419 e. The molecule has 0 spiro atoms. The Bertz CT molecular complexity index is 471. The van der Waals surface area contributed by atoms with E-state index in [1.165, 1.54) is 6.07 Å². The topological polar surface area (TPSA) is 21.3 Å².